The lowest BCUT2D eigenvalue weighted by molar-refractivity contribution is -0.0263. The molecule has 7 heteroatoms. The third-order valence-corrected chi connectivity index (χ3v) is 4.48. The fourth-order valence-electron chi connectivity index (χ4n) is 3.12. The van der Waals surface area contributed by atoms with Gasteiger partial charge < -0.3 is 14.4 Å². The summed E-state index contributed by atoms with van der Waals surface area (Å²) in [7, 11) is 0. The van der Waals surface area contributed by atoms with E-state index in [0.29, 0.717) is 30.8 Å². The van der Waals surface area contributed by atoms with Gasteiger partial charge in [0, 0.05) is 13.1 Å². The van der Waals surface area contributed by atoms with Gasteiger partial charge in [0.25, 0.3) is 11.8 Å². The maximum absolute atomic E-state index is 12.3. The molecule has 0 saturated carbocycles. The number of rotatable bonds is 4. The van der Waals surface area contributed by atoms with E-state index >= 15 is 0 Å². The van der Waals surface area contributed by atoms with Crippen LogP contribution in [0.2, 0.25) is 0 Å². The smallest absolute Gasteiger partial charge is 0.410 e. The molecule has 2 heterocycles. The zero-order valence-electron chi connectivity index (χ0n) is 17.0. The van der Waals surface area contributed by atoms with Gasteiger partial charge in [0.15, 0.2) is 0 Å². The summed E-state index contributed by atoms with van der Waals surface area (Å²) in [5, 5.41) is 0. The predicted octanol–water partition coefficient (Wildman–Crippen LogP) is 3.03. The van der Waals surface area contributed by atoms with Gasteiger partial charge in [-0.3, -0.25) is 14.5 Å². The number of hydrogen-bond donors (Lipinski definition) is 0. The van der Waals surface area contributed by atoms with Gasteiger partial charge in [0.05, 0.1) is 30.4 Å². The largest absolute Gasteiger partial charge is 0.444 e. The number of hydrogen-bond acceptors (Lipinski definition) is 5. The van der Waals surface area contributed by atoms with Gasteiger partial charge in [-0.1, -0.05) is 36.4 Å². The van der Waals surface area contributed by atoms with Gasteiger partial charge in [-0.05, 0) is 32.9 Å². The highest BCUT2D eigenvalue weighted by Gasteiger charge is 2.34. The molecule has 7 nitrogen and oxygen atoms in total. The second-order valence-electron chi connectivity index (χ2n) is 7.92. The Morgan fingerprint density at radius 2 is 1.83 bits per heavy atom. The van der Waals surface area contributed by atoms with Crippen molar-refractivity contribution in [1.82, 2.24) is 9.80 Å². The SMILES string of the molecule is CC(C)(C)OC(=O)N1CCO[C@H](C=CC=CCN2C(=O)c3ccccc3C2=O)C1. The van der Waals surface area contributed by atoms with E-state index in [9.17, 15) is 14.4 Å². The number of amides is 3. The van der Waals surface area contributed by atoms with Crippen molar-refractivity contribution >= 4 is 17.9 Å². The summed E-state index contributed by atoms with van der Waals surface area (Å²) in [6.45, 7) is 7.05. The number of nitrogens with zero attached hydrogens (tertiary/aromatic N) is 2. The highest BCUT2D eigenvalue weighted by atomic mass is 16.6. The first kappa shape index (κ1) is 20.8. The molecule has 0 aliphatic carbocycles. The van der Waals surface area contributed by atoms with E-state index < -0.39 is 5.60 Å². The number of fused-ring (bicyclic) bond motifs is 1. The van der Waals surface area contributed by atoms with Crippen molar-refractivity contribution < 1.29 is 23.9 Å². The lowest BCUT2D eigenvalue weighted by Crippen LogP contribution is -2.46. The van der Waals surface area contributed by atoms with Gasteiger partial charge in [-0.15, -0.1) is 0 Å². The Morgan fingerprint density at radius 3 is 2.45 bits per heavy atom. The molecule has 1 aromatic carbocycles. The summed E-state index contributed by atoms with van der Waals surface area (Å²) < 4.78 is 11.1. The van der Waals surface area contributed by atoms with Crippen LogP contribution < -0.4 is 0 Å². The van der Waals surface area contributed by atoms with Gasteiger partial charge in [-0.25, -0.2) is 4.79 Å². The van der Waals surface area contributed by atoms with Crippen LogP contribution in [0.1, 0.15) is 41.5 Å². The van der Waals surface area contributed by atoms with Crippen molar-refractivity contribution in [3.8, 4) is 0 Å². The van der Waals surface area contributed by atoms with Crippen molar-refractivity contribution in [2.75, 3.05) is 26.2 Å². The molecule has 29 heavy (non-hydrogen) atoms. The number of carbonyl (C=O) groups excluding carboxylic acids is 3. The predicted molar refractivity (Wildman–Crippen MR) is 108 cm³/mol. The van der Waals surface area contributed by atoms with Crippen LogP contribution in [0.4, 0.5) is 4.79 Å². The number of carbonyl (C=O) groups is 3. The highest BCUT2D eigenvalue weighted by Crippen LogP contribution is 2.22. The maximum Gasteiger partial charge on any atom is 0.410 e. The van der Waals surface area contributed by atoms with E-state index in [2.05, 4.69) is 0 Å². The molecule has 2 aliphatic rings. The molecule has 154 valence electrons. The molecule has 0 spiro atoms. The number of morpholine rings is 1. The molecule has 1 fully saturated rings. The minimum Gasteiger partial charge on any atom is -0.444 e. The van der Waals surface area contributed by atoms with Crippen LogP contribution in [-0.2, 0) is 9.47 Å². The Hall–Kier alpha value is -2.93. The molecule has 3 rings (SSSR count). The third kappa shape index (κ3) is 5.12. The Kier molecular flexibility index (Phi) is 6.17. The van der Waals surface area contributed by atoms with Crippen LogP contribution in [0.25, 0.3) is 0 Å². The lowest BCUT2D eigenvalue weighted by atomic mass is 10.1. The fourth-order valence-corrected chi connectivity index (χ4v) is 3.12. The van der Waals surface area contributed by atoms with Crippen molar-refractivity contribution in [1.29, 1.82) is 0 Å². The Morgan fingerprint density at radius 1 is 1.17 bits per heavy atom. The molecule has 0 bridgehead atoms. The number of benzene rings is 1. The Labute approximate surface area is 170 Å². The first-order valence-corrected chi connectivity index (χ1v) is 9.64. The number of allylic oxidation sites excluding steroid dienone is 2. The number of ether oxygens (including phenoxy) is 2. The van der Waals surface area contributed by atoms with Crippen molar-refractivity contribution in [3.63, 3.8) is 0 Å². The Balaban J connectivity index is 1.50. The molecule has 1 atom stereocenters. The molecule has 0 radical (unpaired) electrons. The van der Waals surface area contributed by atoms with Crippen LogP contribution >= 0.6 is 0 Å². The summed E-state index contributed by atoms with van der Waals surface area (Å²) in [5.41, 5.74) is 0.353. The molecule has 0 N–H and O–H groups in total. The van der Waals surface area contributed by atoms with Gasteiger partial charge in [0.1, 0.15) is 5.60 Å². The van der Waals surface area contributed by atoms with Crippen molar-refractivity contribution in [2.45, 2.75) is 32.5 Å². The van der Waals surface area contributed by atoms with Crippen LogP contribution in [0.15, 0.2) is 48.6 Å². The molecule has 0 unspecified atom stereocenters. The van der Waals surface area contributed by atoms with E-state index in [1.165, 1.54) is 4.90 Å². The molecule has 2 aliphatic heterocycles. The zero-order valence-corrected chi connectivity index (χ0v) is 17.0. The summed E-state index contributed by atoms with van der Waals surface area (Å²) >= 11 is 0. The normalized spacial score (nSPS) is 20.0. The van der Waals surface area contributed by atoms with E-state index in [1.807, 2.05) is 26.8 Å². The molecule has 3 amide bonds. The van der Waals surface area contributed by atoms with Crippen molar-refractivity contribution in [3.05, 3.63) is 59.7 Å². The third-order valence-electron chi connectivity index (χ3n) is 4.48. The minimum absolute atomic E-state index is 0.201. The monoisotopic (exact) mass is 398 g/mol. The Bertz CT molecular complexity index is 818. The van der Waals surface area contributed by atoms with Crippen LogP contribution in [-0.4, -0.2) is 65.7 Å². The van der Waals surface area contributed by atoms with Crippen LogP contribution in [0.5, 0.6) is 0 Å². The maximum atomic E-state index is 12.3. The van der Waals surface area contributed by atoms with Gasteiger partial charge in [0.2, 0.25) is 0 Å². The standard InChI is InChI=1S/C22H26N2O5/c1-22(2,3)29-21(27)23-13-14-28-16(15-23)9-5-4-8-12-24-19(25)17-10-6-7-11-18(17)20(24)26/h4-11,16H,12-15H2,1-3H3/t16-/m1/s1. The molecule has 0 aromatic heterocycles. The van der Waals surface area contributed by atoms with Crippen LogP contribution in [0, 0.1) is 0 Å². The molecular formula is C22H26N2O5. The second-order valence-corrected chi connectivity index (χ2v) is 7.92. The fraction of sp³-hybridized carbons (Fsp3) is 0.409. The van der Waals surface area contributed by atoms with E-state index in [-0.39, 0.29) is 30.6 Å². The lowest BCUT2D eigenvalue weighted by Gasteiger charge is -2.33. The second kappa shape index (κ2) is 8.61. The van der Waals surface area contributed by atoms with E-state index in [1.54, 1.807) is 47.4 Å². The quantitative estimate of drug-likeness (QED) is 0.576. The summed E-state index contributed by atoms with van der Waals surface area (Å²) in [6.07, 6.45) is 6.56. The van der Waals surface area contributed by atoms with E-state index in [4.69, 9.17) is 9.47 Å². The first-order chi connectivity index (χ1) is 13.8. The topological polar surface area (TPSA) is 76.2 Å². The average Bonchev–Trinajstić information content (AvgIpc) is 2.92. The summed E-state index contributed by atoms with van der Waals surface area (Å²) in [5.74, 6) is -0.550. The van der Waals surface area contributed by atoms with Crippen LogP contribution in [0.3, 0.4) is 0 Å². The first-order valence-electron chi connectivity index (χ1n) is 9.64. The van der Waals surface area contributed by atoms with Gasteiger partial charge in [-0.2, -0.15) is 0 Å². The average molecular weight is 398 g/mol. The van der Waals surface area contributed by atoms with Crippen molar-refractivity contribution in [2.24, 2.45) is 0 Å². The summed E-state index contributed by atoms with van der Waals surface area (Å²) in [4.78, 5) is 39.6. The minimum atomic E-state index is -0.534. The number of imide groups is 1. The summed E-state index contributed by atoms with van der Waals surface area (Å²) in [6, 6.07) is 6.82. The van der Waals surface area contributed by atoms with E-state index in [0.717, 1.165) is 0 Å². The highest BCUT2D eigenvalue weighted by molar-refractivity contribution is 6.21. The van der Waals surface area contributed by atoms with Gasteiger partial charge >= 0.3 is 6.09 Å². The molecule has 1 aromatic rings. The molecular weight excluding hydrogens is 372 g/mol. The molecule has 1 saturated heterocycles. The zero-order chi connectivity index (χ0) is 21.0.